The molecular weight excluding hydrogens is 571 g/mol. The molecule has 1 saturated carbocycles. The summed E-state index contributed by atoms with van der Waals surface area (Å²) in [5, 5.41) is 9.11. The van der Waals surface area contributed by atoms with Gasteiger partial charge in [0.2, 0.25) is 5.95 Å². The number of nitrogens with zero attached hydrogens (tertiary/aromatic N) is 2. The molecule has 0 spiro atoms. The Balaban J connectivity index is 1.93. The van der Waals surface area contributed by atoms with Crippen molar-refractivity contribution in [1.82, 2.24) is 15.3 Å². The smallest absolute Gasteiger partial charge is 0.416 e. The second-order valence-electron chi connectivity index (χ2n) is 9.83. The minimum absolute atomic E-state index is 0.0144. The van der Waals surface area contributed by atoms with Crippen LogP contribution in [0.5, 0.6) is 0 Å². The molecular formula is C25H31BrF3N5O4. The maximum atomic E-state index is 13.2. The van der Waals surface area contributed by atoms with Crippen molar-refractivity contribution in [2.45, 2.75) is 75.6 Å². The molecule has 0 bridgehead atoms. The van der Waals surface area contributed by atoms with Crippen LogP contribution >= 0.6 is 15.9 Å². The molecule has 38 heavy (non-hydrogen) atoms. The number of amides is 1. The Kier molecular flexibility index (Phi) is 9.45. The van der Waals surface area contributed by atoms with Crippen LogP contribution in [-0.2, 0) is 21.0 Å². The van der Waals surface area contributed by atoms with Gasteiger partial charge in [-0.1, -0.05) is 34.8 Å². The number of esters is 1. The monoisotopic (exact) mass is 601 g/mol. The molecule has 3 N–H and O–H groups in total. The molecule has 0 radical (unpaired) electrons. The van der Waals surface area contributed by atoms with Crippen molar-refractivity contribution in [3.63, 3.8) is 0 Å². The van der Waals surface area contributed by atoms with E-state index in [1.165, 1.54) is 19.2 Å². The van der Waals surface area contributed by atoms with Crippen molar-refractivity contribution >= 4 is 45.4 Å². The lowest BCUT2D eigenvalue weighted by Gasteiger charge is -2.33. The van der Waals surface area contributed by atoms with Gasteiger partial charge in [0.1, 0.15) is 11.2 Å². The molecule has 1 fully saturated rings. The summed E-state index contributed by atoms with van der Waals surface area (Å²) in [5.74, 6) is -0.623. The van der Waals surface area contributed by atoms with E-state index in [1.54, 1.807) is 20.8 Å². The number of alkyl halides is 4. The number of anilines is 3. The van der Waals surface area contributed by atoms with E-state index in [0.29, 0.717) is 12.8 Å². The maximum absolute atomic E-state index is 13.2. The molecule has 13 heteroatoms. The van der Waals surface area contributed by atoms with Gasteiger partial charge < -0.3 is 25.4 Å². The molecule has 0 aliphatic heterocycles. The van der Waals surface area contributed by atoms with Crippen LogP contribution in [0.1, 0.15) is 68.1 Å². The average molecular weight is 602 g/mol. The van der Waals surface area contributed by atoms with Gasteiger partial charge in [-0.2, -0.15) is 18.2 Å². The van der Waals surface area contributed by atoms with E-state index in [2.05, 4.69) is 41.8 Å². The number of carbonyl (C=O) groups excluding carboxylic acids is 2. The minimum Gasteiger partial charge on any atom is -0.465 e. The molecule has 1 aromatic carbocycles. The molecule has 1 amide bonds. The van der Waals surface area contributed by atoms with Crippen LogP contribution in [0.2, 0.25) is 0 Å². The van der Waals surface area contributed by atoms with Crippen molar-refractivity contribution in [2.24, 2.45) is 0 Å². The van der Waals surface area contributed by atoms with E-state index in [4.69, 9.17) is 9.47 Å². The van der Waals surface area contributed by atoms with E-state index >= 15 is 0 Å². The van der Waals surface area contributed by atoms with Gasteiger partial charge in [-0.25, -0.2) is 14.6 Å². The fraction of sp³-hybridized carbons (Fsp3) is 0.520. The Bertz CT molecular complexity index is 1160. The summed E-state index contributed by atoms with van der Waals surface area (Å²) >= 11 is 3.32. The van der Waals surface area contributed by atoms with E-state index in [9.17, 15) is 22.8 Å². The molecule has 1 aromatic heterocycles. The van der Waals surface area contributed by atoms with Crippen LogP contribution in [0.15, 0.2) is 24.3 Å². The molecule has 3 rings (SSSR count). The summed E-state index contributed by atoms with van der Waals surface area (Å²) in [6.45, 7) is 5.34. The van der Waals surface area contributed by atoms with Gasteiger partial charge in [0, 0.05) is 17.1 Å². The Labute approximate surface area is 227 Å². The van der Waals surface area contributed by atoms with E-state index in [0.717, 1.165) is 25.0 Å². The highest BCUT2D eigenvalue weighted by atomic mass is 79.9. The quantitative estimate of drug-likeness (QED) is 0.255. The minimum atomic E-state index is -4.54. The van der Waals surface area contributed by atoms with Gasteiger partial charge in [-0.15, -0.1) is 0 Å². The zero-order valence-corrected chi connectivity index (χ0v) is 23.1. The summed E-state index contributed by atoms with van der Waals surface area (Å²) in [5.41, 5.74) is -1.16. The van der Waals surface area contributed by atoms with Gasteiger partial charge in [0.15, 0.2) is 5.82 Å². The Morgan fingerprint density at radius 1 is 1.11 bits per heavy atom. The lowest BCUT2D eigenvalue weighted by molar-refractivity contribution is -0.137. The molecule has 9 nitrogen and oxygen atoms in total. The summed E-state index contributed by atoms with van der Waals surface area (Å²) < 4.78 is 50.0. The lowest BCUT2D eigenvalue weighted by Crippen LogP contribution is -2.50. The van der Waals surface area contributed by atoms with Crippen LogP contribution < -0.4 is 16.0 Å². The topological polar surface area (TPSA) is 114 Å². The van der Waals surface area contributed by atoms with Crippen LogP contribution in [0, 0.1) is 0 Å². The van der Waals surface area contributed by atoms with Crippen molar-refractivity contribution < 1.29 is 32.2 Å². The number of aromatic nitrogens is 2. The number of alkyl carbamates (subject to hydrolysis) is 1. The standard InChI is InChI=1S/C25H31BrF3N5O4/c1-24(2,3)38-23(36)33-17-11-6-5-10-16(17)31-22-32-18(13-26)19(21(35)37-4)20(34-22)30-15-9-7-8-14(12-15)25(27,28)29/h7-9,12,16-17H,5-6,10-11,13H2,1-4H3,(H,33,36)(H2,30,31,32,34)/t16?,17-/m0/s1. The summed E-state index contributed by atoms with van der Waals surface area (Å²) in [7, 11) is 1.19. The van der Waals surface area contributed by atoms with Crippen LogP contribution in [0.25, 0.3) is 0 Å². The van der Waals surface area contributed by atoms with Crippen molar-refractivity contribution in [1.29, 1.82) is 0 Å². The molecule has 1 unspecified atom stereocenters. The third kappa shape index (κ3) is 7.95. The molecule has 1 aliphatic carbocycles. The summed E-state index contributed by atoms with van der Waals surface area (Å²) in [4.78, 5) is 33.9. The Morgan fingerprint density at radius 2 is 1.79 bits per heavy atom. The summed E-state index contributed by atoms with van der Waals surface area (Å²) in [6.07, 6.45) is -1.84. The van der Waals surface area contributed by atoms with Gasteiger partial charge in [-0.05, 0) is 51.8 Å². The van der Waals surface area contributed by atoms with Crippen molar-refractivity contribution in [2.75, 3.05) is 17.7 Å². The number of methoxy groups -OCH3 is 1. The highest BCUT2D eigenvalue weighted by Crippen LogP contribution is 2.33. The van der Waals surface area contributed by atoms with Crippen molar-refractivity contribution in [3.8, 4) is 0 Å². The first-order valence-electron chi connectivity index (χ1n) is 12.1. The zero-order valence-electron chi connectivity index (χ0n) is 21.5. The molecule has 2 atom stereocenters. The predicted octanol–water partition coefficient (Wildman–Crippen LogP) is 6.17. The zero-order chi connectivity index (χ0) is 28.1. The normalized spacial score (nSPS) is 17.9. The van der Waals surface area contributed by atoms with Crippen LogP contribution in [0.4, 0.5) is 35.4 Å². The number of rotatable bonds is 7. The van der Waals surface area contributed by atoms with Gasteiger partial charge >= 0.3 is 18.2 Å². The van der Waals surface area contributed by atoms with E-state index < -0.39 is 29.4 Å². The number of benzene rings is 1. The third-order valence-electron chi connectivity index (χ3n) is 5.74. The second kappa shape index (κ2) is 12.2. The van der Waals surface area contributed by atoms with Crippen LogP contribution in [-0.4, -0.2) is 46.8 Å². The first-order chi connectivity index (χ1) is 17.8. The fourth-order valence-corrected chi connectivity index (χ4v) is 4.49. The van der Waals surface area contributed by atoms with Gasteiger partial charge in [-0.3, -0.25) is 0 Å². The number of halogens is 4. The maximum Gasteiger partial charge on any atom is 0.416 e. The number of nitrogens with one attached hydrogen (secondary N) is 3. The third-order valence-corrected chi connectivity index (χ3v) is 6.27. The lowest BCUT2D eigenvalue weighted by atomic mass is 9.90. The number of hydrogen-bond donors (Lipinski definition) is 3. The number of hydrogen-bond acceptors (Lipinski definition) is 8. The van der Waals surface area contributed by atoms with Gasteiger partial charge in [0.25, 0.3) is 0 Å². The molecule has 2 aromatic rings. The van der Waals surface area contributed by atoms with Crippen LogP contribution in [0.3, 0.4) is 0 Å². The Hall–Kier alpha value is -3.09. The van der Waals surface area contributed by atoms with E-state index in [-0.39, 0.29) is 46.1 Å². The highest BCUT2D eigenvalue weighted by Gasteiger charge is 2.32. The largest absolute Gasteiger partial charge is 0.465 e. The van der Waals surface area contributed by atoms with E-state index in [1.807, 2.05) is 0 Å². The van der Waals surface area contributed by atoms with Crippen molar-refractivity contribution in [3.05, 3.63) is 41.1 Å². The van der Waals surface area contributed by atoms with Gasteiger partial charge in [0.05, 0.1) is 24.4 Å². The average Bonchev–Trinajstić information content (AvgIpc) is 2.83. The highest BCUT2D eigenvalue weighted by molar-refractivity contribution is 9.08. The molecule has 0 saturated heterocycles. The molecule has 1 aliphatic rings. The molecule has 1 heterocycles. The Morgan fingerprint density at radius 3 is 2.39 bits per heavy atom. The first-order valence-corrected chi connectivity index (χ1v) is 13.2. The number of ether oxygens (including phenoxy) is 2. The summed E-state index contributed by atoms with van der Waals surface area (Å²) in [6, 6.07) is 4.04. The molecule has 208 valence electrons. The number of carbonyl (C=O) groups is 2. The SMILES string of the molecule is COC(=O)c1c(CBr)nc(NC2CCCC[C@@H]2NC(=O)OC(C)(C)C)nc1Nc1cccc(C(F)(F)F)c1. The predicted molar refractivity (Wildman–Crippen MR) is 140 cm³/mol. The second-order valence-corrected chi connectivity index (χ2v) is 10.4. The first kappa shape index (κ1) is 29.5. The fourth-order valence-electron chi connectivity index (χ4n) is 4.09.